The third kappa shape index (κ3) is 5.97. The van der Waals surface area contributed by atoms with Crippen LogP contribution < -0.4 is 0 Å². The van der Waals surface area contributed by atoms with Gasteiger partial charge in [-0.3, -0.25) is 0 Å². The van der Waals surface area contributed by atoms with Crippen molar-refractivity contribution in [1.82, 2.24) is 4.57 Å². The maximum atomic E-state index is 2.63. The molecule has 3 heteroatoms. The van der Waals surface area contributed by atoms with Crippen LogP contribution in [0.1, 0.15) is 33.6 Å². The second kappa shape index (κ2) is 8.01. The number of hydrogen-bond acceptors (Lipinski definition) is 1. The normalized spacial score (nSPS) is 13.8. The highest BCUT2D eigenvalue weighted by Crippen LogP contribution is 2.02. The summed E-state index contributed by atoms with van der Waals surface area (Å²) in [7, 11) is 2.16. The van der Waals surface area contributed by atoms with Crippen LogP contribution in [0, 0.1) is 0 Å². The Labute approximate surface area is 82.6 Å². The van der Waals surface area contributed by atoms with Crippen LogP contribution in [0.3, 0.4) is 0 Å². The highest BCUT2D eigenvalue weighted by Gasteiger charge is 2.08. The minimum Gasteiger partial charge on any atom is -0.325 e. The van der Waals surface area contributed by atoms with Gasteiger partial charge in [-0.05, 0) is 31.1 Å². The lowest BCUT2D eigenvalue weighted by molar-refractivity contribution is 0.438. The van der Waals surface area contributed by atoms with E-state index in [0.717, 1.165) is 24.4 Å². The van der Waals surface area contributed by atoms with Crippen LogP contribution in [-0.2, 0) is 0 Å². The molecule has 1 nitrogen and oxygen atoms in total. The van der Waals surface area contributed by atoms with Gasteiger partial charge in [0.1, 0.15) is 9.68 Å². The summed E-state index contributed by atoms with van der Waals surface area (Å²) in [4.78, 5) is 0. The molecule has 0 saturated heterocycles. The minimum atomic E-state index is 0.920. The van der Waals surface area contributed by atoms with E-state index >= 15 is 0 Å². The zero-order chi connectivity index (χ0) is 9.40. The molecular weight excluding hydrogens is 178 g/mol. The molecule has 0 spiro atoms. The summed E-state index contributed by atoms with van der Waals surface area (Å²) in [6.07, 6.45) is 2.60. The molecule has 0 rings (SSSR count). The van der Waals surface area contributed by atoms with Crippen LogP contribution in [0.4, 0.5) is 0 Å². The summed E-state index contributed by atoms with van der Waals surface area (Å²) in [5, 5.41) is 0.920. The maximum absolute atomic E-state index is 2.63. The fourth-order valence-electron chi connectivity index (χ4n) is 1.12. The molecule has 0 aliphatic heterocycles. The van der Waals surface area contributed by atoms with E-state index in [9.17, 15) is 0 Å². The predicted molar refractivity (Wildman–Crippen MR) is 59.0 cm³/mol. The molecule has 4 radical (unpaired) electrons. The van der Waals surface area contributed by atoms with Crippen molar-refractivity contribution in [3.05, 3.63) is 0 Å². The largest absolute Gasteiger partial charge is 0.325 e. The van der Waals surface area contributed by atoms with E-state index in [2.05, 4.69) is 31.9 Å². The van der Waals surface area contributed by atoms with Crippen LogP contribution >= 0.6 is 0 Å². The molecule has 0 bridgehead atoms. The smallest absolute Gasteiger partial charge is 0.141 e. The zero-order valence-corrected chi connectivity index (χ0v) is 10.9. The molecule has 0 aromatic carbocycles. The van der Waals surface area contributed by atoms with Crippen LogP contribution in [0.25, 0.3) is 0 Å². The average Bonchev–Trinajstić information content (AvgIpc) is 2.05. The monoisotopic (exact) mass is 199 g/mol. The number of rotatable bonds is 7. The van der Waals surface area contributed by atoms with Gasteiger partial charge in [0.05, 0.1) is 0 Å². The van der Waals surface area contributed by atoms with E-state index in [0.29, 0.717) is 0 Å². The van der Waals surface area contributed by atoms with E-state index < -0.39 is 0 Å². The quantitative estimate of drug-likeness (QED) is 0.569. The minimum absolute atomic E-state index is 0.920. The standard InChI is InChI=1S/C9H21NSi2/c1-5-7-10(8-6-2)12-9(3)11-4/h9H,5-8H2,1-4H3. The van der Waals surface area contributed by atoms with Crippen molar-refractivity contribution in [2.24, 2.45) is 0 Å². The summed E-state index contributed by atoms with van der Waals surface area (Å²) in [6.45, 7) is 11.8. The van der Waals surface area contributed by atoms with Crippen molar-refractivity contribution in [3.8, 4) is 0 Å². The number of hydrogen-bond donors (Lipinski definition) is 0. The summed E-state index contributed by atoms with van der Waals surface area (Å²) in [5.74, 6) is 0. The third-order valence-corrected chi connectivity index (χ3v) is 5.12. The van der Waals surface area contributed by atoms with Gasteiger partial charge in [-0.1, -0.05) is 27.3 Å². The van der Waals surface area contributed by atoms with Crippen LogP contribution in [0.2, 0.25) is 11.7 Å². The molecule has 0 amide bonds. The lowest BCUT2D eigenvalue weighted by Crippen LogP contribution is -2.32. The summed E-state index contributed by atoms with van der Waals surface area (Å²) >= 11 is 0. The summed E-state index contributed by atoms with van der Waals surface area (Å²) in [6, 6.07) is 0. The molecular formula is C9H21NSi2. The van der Waals surface area contributed by atoms with Crippen molar-refractivity contribution in [2.45, 2.75) is 45.3 Å². The maximum Gasteiger partial charge on any atom is 0.141 e. The molecule has 0 saturated carbocycles. The van der Waals surface area contributed by atoms with Crippen molar-refractivity contribution in [1.29, 1.82) is 0 Å². The molecule has 70 valence electrons. The van der Waals surface area contributed by atoms with Gasteiger partial charge < -0.3 is 4.57 Å². The fraction of sp³-hybridized carbons (Fsp3) is 1.00. The molecule has 12 heavy (non-hydrogen) atoms. The number of nitrogens with zero attached hydrogens (tertiary/aromatic N) is 1. The van der Waals surface area contributed by atoms with Gasteiger partial charge in [0.15, 0.2) is 0 Å². The Hall–Kier alpha value is 0.394. The van der Waals surface area contributed by atoms with Crippen molar-refractivity contribution < 1.29 is 0 Å². The first-order chi connectivity index (χ1) is 5.74. The fourth-order valence-corrected chi connectivity index (χ4v) is 3.44. The Balaban J connectivity index is 3.61. The van der Waals surface area contributed by atoms with Gasteiger partial charge in [-0.15, -0.1) is 0 Å². The average molecular weight is 199 g/mol. The first kappa shape index (κ1) is 12.4. The van der Waals surface area contributed by atoms with Crippen molar-refractivity contribution in [2.75, 3.05) is 13.1 Å². The van der Waals surface area contributed by atoms with Gasteiger partial charge in [-0.2, -0.15) is 0 Å². The molecule has 0 aromatic heterocycles. The molecule has 0 aliphatic rings. The van der Waals surface area contributed by atoms with Gasteiger partial charge in [0.25, 0.3) is 0 Å². The third-order valence-electron chi connectivity index (χ3n) is 1.80. The molecule has 1 atom stereocenters. The van der Waals surface area contributed by atoms with E-state index in [1.165, 1.54) is 25.9 Å². The molecule has 1 unspecified atom stereocenters. The summed E-state index contributed by atoms with van der Waals surface area (Å²) in [5.41, 5.74) is 0. The Morgan fingerprint density at radius 2 is 1.67 bits per heavy atom. The highest BCUT2D eigenvalue weighted by molar-refractivity contribution is 6.56. The second-order valence-corrected chi connectivity index (χ2v) is 6.90. The van der Waals surface area contributed by atoms with Crippen LogP contribution in [-0.4, -0.2) is 36.9 Å². The van der Waals surface area contributed by atoms with Gasteiger partial charge in [0.2, 0.25) is 0 Å². The van der Waals surface area contributed by atoms with Gasteiger partial charge in [-0.25, -0.2) is 0 Å². The lowest BCUT2D eigenvalue weighted by atomic mass is 10.4. The first-order valence-electron chi connectivity index (χ1n) is 4.92. The Kier molecular flexibility index (Phi) is 8.28. The predicted octanol–water partition coefficient (Wildman–Crippen LogP) is 2.25. The van der Waals surface area contributed by atoms with Crippen LogP contribution in [0.5, 0.6) is 0 Å². The summed E-state index contributed by atoms with van der Waals surface area (Å²) < 4.78 is 2.63. The second-order valence-electron chi connectivity index (χ2n) is 3.13. The molecule has 0 aromatic rings. The van der Waals surface area contributed by atoms with E-state index in [1.54, 1.807) is 0 Å². The lowest BCUT2D eigenvalue weighted by Gasteiger charge is -2.22. The zero-order valence-electron chi connectivity index (χ0n) is 8.85. The van der Waals surface area contributed by atoms with Crippen molar-refractivity contribution >= 4 is 19.2 Å². The van der Waals surface area contributed by atoms with E-state index in [1.807, 2.05) is 0 Å². The SMILES string of the molecule is CCCN(CCC)[Si]C(C)[Si]C. The molecule has 0 heterocycles. The highest BCUT2D eigenvalue weighted by atomic mass is 28.3. The van der Waals surface area contributed by atoms with E-state index in [-0.39, 0.29) is 0 Å². The van der Waals surface area contributed by atoms with Crippen molar-refractivity contribution in [3.63, 3.8) is 0 Å². The first-order valence-corrected chi connectivity index (χ1v) is 7.53. The van der Waals surface area contributed by atoms with Gasteiger partial charge >= 0.3 is 0 Å². The van der Waals surface area contributed by atoms with Crippen LogP contribution in [0.15, 0.2) is 0 Å². The topological polar surface area (TPSA) is 3.24 Å². The molecule has 0 N–H and O–H groups in total. The molecule has 0 aliphatic carbocycles. The van der Waals surface area contributed by atoms with Gasteiger partial charge in [0, 0.05) is 9.52 Å². The molecule has 0 fully saturated rings. The Morgan fingerprint density at radius 3 is 2.00 bits per heavy atom. The Bertz CT molecular complexity index is 92.5. The van der Waals surface area contributed by atoms with E-state index in [4.69, 9.17) is 0 Å². The Morgan fingerprint density at radius 1 is 1.17 bits per heavy atom.